The number of carbonyl (C=O) groups excluding carboxylic acids is 1. The maximum Gasteiger partial charge on any atom is 0.307 e. The number of rotatable bonds is 5. The molecule has 2 rings (SSSR count). The summed E-state index contributed by atoms with van der Waals surface area (Å²) in [5, 5.41) is 8.13. The van der Waals surface area contributed by atoms with Crippen LogP contribution in [0.4, 0.5) is 0 Å². The molecule has 0 aliphatic heterocycles. The first-order chi connectivity index (χ1) is 8.76. The molecule has 0 saturated heterocycles. The number of nitrogens with zero attached hydrogens (tertiary/aromatic N) is 3. The van der Waals surface area contributed by atoms with Gasteiger partial charge in [0.2, 0.25) is 0 Å². The Labute approximate surface area is 106 Å². The molecule has 0 aliphatic rings. The van der Waals surface area contributed by atoms with Gasteiger partial charge in [0.25, 0.3) is 0 Å². The topological polar surface area (TPSA) is 57.0 Å². The Morgan fingerprint density at radius 3 is 2.89 bits per heavy atom. The number of carbonyl (C=O) groups is 1. The van der Waals surface area contributed by atoms with Gasteiger partial charge in [0, 0.05) is 12.8 Å². The van der Waals surface area contributed by atoms with Crippen LogP contribution in [0.15, 0.2) is 24.3 Å². The van der Waals surface area contributed by atoms with E-state index in [-0.39, 0.29) is 12.2 Å². The van der Waals surface area contributed by atoms with E-state index in [9.17, 15) is 4.79 Å². The van der Waals surface area contributed by atoms with E-state index in [4.69, 9.17) is 4.74 Å². The molecule has 96 valence electrons. The fraction of sp³-hybridized carbons (Fsp3) is 0.462. The van der Waals surface area contributed by atoms with Crippen molar-refractivity contribution in [2.24, 2.45) is 0 Å². The average Bonchev–Trinajstić information content (AvgIpc) is 2.80. The summed E-state index contributed by atoms with van der Waals surface area (Å²) < 4.78 is 7.08. The number of esters is 1. The van der Waals surface area contributed by atoms with Crippen LogP contribution in [0.2, 0.25) is 0 Å². The van der Waals surface area contributed by atoms with Crippen molar-refractivity contribution in [2.75, 3.05) is 0 Å². The fourth-order valence-electron chi connectivity index (χ4n) is 1.82. The lowest BCUT2D eigenvalue weighted by Gasteiger charge is -2.16. The minimum Gasteiger partial charge on any atom is -0.440 e. The number of para-hydroxylation sites is 1. The Bertz CT molecular complexity index is 536. The molecule has 1 aromatic heterocycles. The number of ether oxygens (including phenoxy) is 1. The van der Waals surface area contributed by atoms with Crippen LogP contribution in [0.1, 0.15) is 39.3 Å². The lowest BCUT2D eigenvalue weighted by Crippen LogP contribution is -2.17. The molecule has 18 heavy (non-hydrogen) atoms. The van der Waals surface area contributed by atoms with E-state index in [0.29, 0.717) is 12.8 Å². The minimum absolute atomic E-state index is 0.191. The summed E-state index contributed by atoms with van der Waals surface area (Å²) in [5.74, 6) is -0.191. The summed E-state index contributed by atoms with van der Waals surface area (Å²) in [5.41, 5.74) is 1.69. The normalized spacial score (nSPS) is 12.6. The molecule has 0 spiro atoms. The third kappa shape index (κ3) is 2.50. The third-order valence-corrected chi connectivity index (χ3v) is 2.72. The van der Waals surface area contributed by atoms with Gasteiger partial charge in [0.1, 0.15) is 5.52 Å². The highest BCUT2D eigenvalue weighted by molar-refractivity contribution is 5.74. The minimum atomic E-state index is -0.378. The number of hydrogen-bond acceptors (Lipinski definition) is 4. The van der Waals surface area contributed by atoms with Crippen molar-refractivity contribution < 1.29 is 9.53 Å². The first-order valence-electron chi connectivity index (χ1n) is 6.25. The quantitative estimate of drug-likeness (QED) is 0.762. The van der Waals surface area contributed by atoms with Gasteiger partial charge in [-0.3, -0.25) is 4.79 Å². The van der Waals surface area contributed by atoms with Crippen LogP contribution in [0.5, 0.6) is 0 Å². The molecular formula is C13H17N3O2. The molecule has 0 N–H and O–H groups in total. The standard InChI is InChI=1S/C13H17N3O2/c1-3-7-13(17)18-12(4-2)16-11-9-6-5-8-10(11)14-15-16/h5-6,8-9,12H,3-4,7H2,1-2H3. The maximum absolute atomic E-state index is 11.6. The molecule has 1 aromatic carbocycles. The van der Waals surface area contributed by atoms with Gasteiger partial charge in [-0.05, 0) is 18.6 Å². The van der Waals surface area contributed by atoms with Crippen molar-refractivity contribution in [1.82, 2.24) is 15.0 Å². The molecule has 0 radical (unpaired) electrons. The number of benzene rings is 1. The maximum atomic E-state index is 11.6. The number of aromatic nitrogens is 3. The summed E-state index contributed by atoms with van der Waals surface area (Å²) >= 11 is 0. The molecule has 2 aromatic rings. The second-order valence-electron chi connectivity index (χ2n) is 4.13. The van der Waals surface area contributed by atoms with Crippen LogP contribution in [0.25, 0.3) is 11.0 Å². The van der Waals surface area contributed by atoms with Gasteiger partial charge < -0.3 is 4.74 Å². The predicted molar refractivity (Wildman–Crippen MR) is 67.9 cm³/mol. The zero-order chi connectivity index (χ0) is 13.0. The molecule has 5 nitrogen and oxygen atoms in total. The Kier molecular flexibility index (Phi) is 3.92. The zero-order valence-corrected chi connectivity index (χ0v) is 10.7. The Morgan fingerprint density at radius 1 is 1.39 bits per heavy atom. The predicted octanol–water partition coefficient (Wildman–Crippen LogP) is 2.68. The lowest BCUT2D eigenvalue weighted by atomic mass is 10.3. The molecule has 5 heteroatoms. The molecule has 0 aliphatic carbocycles. The Hall–Kier alpha value is -1.91. The number of fused-ring (bicyclic) bond motifs is 1. The van der Waals surface area contributed by atoms with E-state index in [1.165, 1.54) is 0 Å². The third-order valence-electron chi connectivity index (χ3n) is 2.72. The van der Waals surface area contributed by atoms with Crippen molar-refractivity contribution in [1.29, 1.82) is 0 Å². The van der Waals surface area contributed by atoms with Crippen LogP contribution in [0.3, 0.4) is 0 Å². The van der Waals surface area contributed by atoms with Crippen molar-refractivity contribution in [2.45, 2.75) is 39.3 Å². The molecule has 1 heterocycles. The van der Waals surface area contributed by atoms with Crippen LogP contribution in [-0.2, 0) is 9.53 Å². The van der Waals surface area contributed by atoms with Gasteiger partial charge >= 0.3 is 5.97 Å². The van der Waals surface area contributed by atoms with Gasteiger partial charge in [-0.25, -0.2) is 4.68 Å². The molecule has 0 bridgehead atoms. The SMILES string of the molecule is CCCC(=O)OC(CC)n1nnc2ccccc21. The van der Waals surface area contributed by atoms with Crippen LogP contribution in [0, 0.1) is 0 Å². The summed E-state index contributed by atoms with van der Waals surface area (Å²) in [6.07, 6.45) is 1.51. The van der Waals surface area contributed by atoms with E-state index in [2.05, 4.69) is 10.3 Å². The van der Waals surface area contributed by atoms with E-state index in [1.807, 2.05) is 38.1 Å². The summed E-state index contributed by atoms with van der Waals surface area (Å²) in [4.78, 5) is 11.6. The van der Waals surface area contributed by atoms with Crippen molar-refractivity contribution in [3.63, 3.8) is 0 Å². The van der Waals surface area contributed by atoms with Crippen LogP contribution >= 0.6 is 0 Å². The zero-order valence-electron chi connectivity index (χ0n) is 10.7. The molecule has 0 saturated carbocycles. The Balaban J connectivity index is 2.24. The Morgan fingerprint density at radius 2 is 2.17 bits per heavy atom. The van der Waals surface area contributed by atoms with Gasteiger partial charge in [-0.1, -0.05) is 31.2 Å². The highest BCUT2D eigenvalue weighted by Crippen LogP contribution is 2.19. The van der Waals surface area contributed by atoms with Crippen molar-refractivity contribution in [3.8, 4) is 0 Å². The summed E-state index contributed by atoms with van der Waals surface area (Å²) in [6, 6.07) is 7.64. The summed E-state index contributed by atoms with van der Waals surface area (Å²) in [7, 11) is 0. The molecule has 0 fully saturated rings. The molecular weight excluding hydrogens is 230 g/mol. The smallest absolute Gasteiger partial charge is 0.307 e. The summed E-state index contributed by atoms with van der Waals surface area (Å²) in [6.45, 7) is 3.91. The second-order valence-corrected chi connectivity index (χ2v) is 4.13. The van der Waals surface area contributed by atoms with E-state index in [0.717, 1.165) is 17.5 Å². The van der Waals surface area contributed by atoms with E-state index < -0.39 is 0 Å². The average molecular weight is 247 g/mol. The van der Waals surface area contributed by atoms with E-state index >= 15 is 0 Å². The molecule has 1 atom stereocenters. The van der Waals surface area contributed by atoms with Gasteiger partial charge in [0.05, 0.1) is 5.52 Å². The van der Waals surface area contributed by atoms with Crippen molar-refractivity contribution in [3.05, 3.63) is 24.3 Å². The van der Waals surface area contributed by atoms with Gasteiger partial charge in [-0.2, -0.15) is 0 Å². The van der Waals surface area contributed by atoms with Crippen molar-refractivity contribution >= 4 is 17.0 Å². The second kappa shape index (κ2) is 5.62. The monoisotopic (exact) mass is 247 g/mol. The lowest BCUT2D eigenvalue weighted by molar-refractivity contribution is -0.154. The van der Waals surface area contributed by atoms with Gasteiger partial charge in [-0.15, -0.1) is 5.10 Å². The highest BCUT2D eigenvalue weighted by Gasteiger charge is 2.17. The van der Waals surface area contributed by atoms with Crippen LogP contribution in [-0.4, -0.2) is 21.0 Å². The first-order valence-corrected chi connectivity index (χ1v) is 6.25. The van der Waals surface area contributed by atoms with E-state index in [1.54, 1.807) is 4.68 Å². The number of hydrogen-bond donors (Lipinski definition) is 0. The highest BCUT2D eigenvalue weighted by atomic mass is 16.6. The molecule has 0 amide bonds. The van der Waals surface area contributed by atoms with Crippen LogP contribution < -0.4 is 0 Å². The molecule has 1 unspecified atom stereocenters. The van der Waals surface area contributed by atoms with Gasteiger partial charge in [0.15, 0.2) is 6.23 Å². The fourth-order valence-corrected chi connectivity index (χ4v) is 1.82. The first kappa shape index (κ1) is 12.5. The largest absolute Gasteiger partial charge is 0.440 e.